The van der Waals surface area contributed by atoms with Crippen LogP contribution < -0.4 is 10.2 Å². The van der Waals surface area contributed by atoms with Crippen LogP contribution in [0.3, 0.4) is 0 Å². The fourth-order valence-electron chi connectivity index (χ4n) is 3.60. The van der Waals surface area contributed by atoms with Crippen molar-refractivity contribution in [3.8, 4) is 0 Å². The average Bonchev–Trinajstić information content (AvgIpc) is 2.76. The van der Waals surface area contributed by atoms with E-state index < -0.39 is 0 Å². The molecule has 1 saturated heterocycles. The zero-order valence-corrected chi connectivity index (χ0v) is 17.3. The van der Waals surface area contributed by atoms with Gasteiger partial charge < -0.3 is 15.1 Å². The Morgan fingerprint density at radius 3 is 2.10 bits per heavy atom. The number of nitrogens with one attached hydrogen (secondary N) is 1. The van der Waals surface area contributed by atoms with Gasteiger partial charge in [-0.2, -0.15) is 0 Å². The summed E-state index contributed by atoms with van der Waals surface area (Å²) in [5, 5.41) is 2.94. The Kier molecular flexibility index (Phi) is 7.25. The number of anilines is 2. The fraction of sp³-hybridized carbons (Fsp3) is 0.391. The third-order valence-electron chi connectivity index (χ3n) is 5.33. The molecule has 1 heterocycles. The highest BCUT2D eigenvalue weighted by atomic mass is 16.2. The van der Waals surface area contributed by atoms with Crippen molar-refractivity contribution in [1.82, 2.24) is 9.80 Å². The van der Waals surface area contributed by atoms with Crippen LogP contribution in [0.2, 0.25) is 0 Å². The first-order valence-electron chi connectivity index (χ1n) is 10.3. The number of benzene rings is 2. The molecule has 6 heteroatoms. The monoisotopic (exact) mass is 394 g/mol. The molecule has 2 aromatic rings. The molecule has 0 saturated carbocycles. The third-order valence-corrected chi connectivity index (χ3v) is 5.33. The minimum absolute atomic E-state index is 0.0177. The standard InChI is InChI=1S/C23H30N4O2/c1-3-26(4-2)23(29)19-10-12-20(13-11-19)24-22(28)18-25-14-16-27(17-15-25)21-8-6-5-7-9-21/h5-13H,3-4,14-18H2,1-2H3,(H,24,28). The van der Waals surface area contributed by atoms with Gasteiger partial charge in [0.1, 0.15) is 0 Å². The molecular weight excluding hydrogens is 364 g/mol. The quantitative estimate of drug-likeness (QED) is 0.785. The number of nitrogens with zero attached hydrogens (tertiary/aromatic N) is 3. The van der Waals surface area contributed by atoms with Crippen LogP contribution in [-0.2, 0) is 4.79 Å². The number of carbonyl (C=O) groups is 2. The summed E-state index contributed by atoms with van der Waals surface area (Å²) in [5.41, 5.74) is 2.59. The van der Waals surface area contributed by atoms with Crippen LogP contribution in [0.5, 0.6) is 0 Å². The summed E-state index contributed by atoms with van der Waals surface area (Å²) < 4.78 is 0. The van der Waals surface area contributed by atoms with Gasteiger partial charge in [0.2, 0.25) is 5.91 Å². The van der Waals surface area contributed by atoms with Crippen molar-refractivity contribution in [2.75, 3.05) is 56.0 Å². The summed E-state index contributed by atoms with van der Waals surface area (Å²) in [6.45, 7) is 9.24. The summed E-state index contributed by atoms with van der Waals surface area (Å²) in [5.74, 6) is -0.00913. The van der Waals surface area contributed by atoms with Crippen LogP contribution in [0.25, 0.3) is 0 Å². The van der Waals surface area contributed by atoms with Gasteiger partial charge in [-0.1, -0.05) is 18.2 Å². The maximum absolute atomic E-state index is 12.4. The van der Waals surface area contributed by atoms with E-state index in [2.05, 4.69) is 39.4 Å². The van der Waals surface area contributed by atoms with Crippen molar-refractivity contribution >= 4 is 23.2 Å². The van der Waals surface area contributed by atoms with Crippen molar-refractivity contribution in [2.24, 2.45) is 0 Å². The number of carbonyl (C=O) groups excluding carboxylic acids is 2. The molecule has 1 fully saturated rings. The first-order valence-corrected chi connectivity index (χ1v) is 10.3. The van der Waals surface area contributed by atoms with Gasteiger partial charge in [0.25, 0.3) is 5.91 Å². The lowest BCUT2D eigenvalue weighted by molar-refractivity contribution is -0.117. The summed E-state index contributed by atoms with van der Waals surface area (Å²) in [6.07, 6.45) is 0. The topological polar surface area (TPSA) is 55.9 Å². The van der Waals surface area contributed by atoms with Gasteiger partial charge in [-0.15, -0.1) is 0 Å². The molecule has 0 bridgehead atoms. The Morgan fingerprint density at radius 1 is 0.897 bits per heavy atom. The summed E-state index contributed by atoms with van der Waals surface area (Å²) in [4.78, 5) is 31.1. The average molecular weight is 395 g/mol. The molecule has 0 aliphatic carbocycles. The zero-order valence-electron chi connectivity index (χ0n) is 17.3. The molecule has 1 aliphatic heterocycles. The van der Waals surface area contributed by atoms with Crippen molar-refractivity contribution in [2.45, 2.75) is 13.8 Å². The molecule has 1 N–H and O–H groups in total. The molecule has 2 aromatic carbocycles. The highest BCUT2D eigenvalue weighted by Gasteiger charge is 2.19. The smallest absolute Gasteiger partial charge is 0.253 e. The first-order chi connectivity index (χ1) is 14.1. The number of rotatable bonds is 7. The first kappa shape index (κ1) is 20.9. The molecular formula is C23H30N4O2. The van der Waals surface area contributed by atoms with Crippen LogP contribution >= 0.6 is 0 Å². The molecule has 0 aromatic heterocycles. The van der Waals surface area contributed by atoms with Crippen LogP contribution in [0.4, 0.5) is 11.4 Å². The maximum atomic E-state index is 12.4. The van der Waals surface area contributed by atoms with Gasteiger partial charge in [0.15, 0.2) is 0 Å². The minimum atomic E-state index is -0.0269. The van der Waals surface area contributed by atoms with Gasteiger partial charge >= 0.3 is 0 Å². The molecule has 154 valence electrons. The largest absolute Gasteiger partial charge is 0.369 e. The molecule has 0 atom stereocenters. The van der Waals surface area contributed by atoms with Gasteiger partial charge in [-0.05, 0) is 50.2 Å². The van der Waals surface area contributed by atoms with Gasteiger partial charge in [-0.3, -0.25) is 14.5 Å². The Hall–Kier alpha value is -2.86. The number of para-hydroxylation sites is 1. The van der Waals surface area contributed by atoms with Crippen LogP contribution in [0, 0.1) is 0 Å². The van der Waals surface area contributed by atoms with E-state index in [1.807, 2.05) is 19.9 Å². The summed E-state index contributed by atoms with van der Waals surface area (Å²) >= 11 is 0. The molecule has 6 nitrogen and oxygen atoms in total. The van der Waals surface area contributed by atoms with E-state index >= 15 is 0 Å². The predicted molar refractivity (Wildman–Crippen MR) is 117 cm³/mol. The zero-order chi connectivity index (χ0) is 20.6. The Morgan fingerprint density at radius 2 is 1.52 bits per heavy atom. The predicted octanol–water partition coefficient (Wildman–Crippen LogP) is 2.93. The van der Waals surface area contributed by atoms with Crippen molar-refractivity contribution in [1.29, 1.82) is 0 Å². The van der Waals surface area contributed by atoms with Crippen molar-refractivity contribution < 1.29 is 9.59 Å². The number of piperazine rings is 1. The molecule has 2 amide bonds. The molecule has 1 aliphatic rings. The second kappa shape index (κ2) is 10.1. The Labute approximate surface area is 173 Å². The maximum Gasteiger partial charge on any atom is 0.253 e. The van der Waals surface area contributed by atoms with E-state index in [4.69, 9.17) is 0 Å². The lowest BCUT2D eigenvalue weighted by atomic mass is 10.1. The fourth-order valence-corrected chi connectivity index (χ4v) is 3.60. The Bertz CT molecular complexity index is 795. The van der Waals surface area contributed by atoms with Crippen molar-refractivity contribution in [3.63, 3.8) is 0 Å². The highest BCUT2D eigenvalue weighted by Crippen LogP contribution is 2.16. The van der Waals surface area contributed by atoms with Crippen LogP contribution in [0.15, 0.2) is 54.6 Å². The third kappa shape index (κ3) is 5.57. The lowest BCUT2D eigenvalue weighted by Crippen LogP contribution is -2.48. The van der Waals surface area contributed by atoms with Gasteiger partial charge in [-0.25, -0.2) is 0 Å². The van der Waals surface area contributed by atoms with E-state index in [0.29, 0.717) is 30.9 Å². The SMILES string of the molecule is CCN(CC)C(=O)c1ccc(NC(=O)CN2CCN(c3ccccc3)CC2)cc1. The normalized spacial score (nSPS) is 14.5. The van der Waals surface area contributed by atoms with Crippen LogP contribution in [-0.4, -0.2) is 67.4 Å². The Balaban J connectivity index is 1.47. The number of hydrogen-bond donors (Lipinski definition) is 1. The molecule has 0 radical (unpaired) electrons. The minimum Gasteiger partial charge on any atom is -0.369 e. The second-order valence-corrected chi connectivity index (χ2v) is 7.20. The van der Waals surface area contributed by atoms with Gasteiger partial charge in [0, 0.05) is 56.2 Å². The van der Waals surface area contributed by atoms with Crippen LogP contribution in [0.1, 0.15) is 24.2 Å². The summed E-state index contributed by atoms with van der Waals surface area (Å²) in [6, 6.07) is 17.5. The molecule has 0 spiro atoms. The molecule has 29 heavy (non-hydrogen) atoms. The van der Waals surface area contributed by atoms with E-state index in [9.17, 15) is 9.59 Å². The van der Waals surface area contributed by atoms with E-state index in [1.165, 1.54) is 5.69 Å². The highest BCUT2D eigenvalue weighted by molar-refractivity contribution is 5.96. The van der Waals surface area contributed by atoms with E-state index in [1.54, 1.807) is 29.2 Å². The van der Waals surface area contributed by atoms with Crippen molar-refractivity contribution in [3.05, 3.63) is 60.2 Å². The van der Waals surface area contributed by atoms with E-state index in [0.717, 1.165) is 26.2 Å². The number of hydrogen-bond acceptors (Lipinski definition) is 4. The van der Waals surface area contributed by atoms with E-state index in [-0.39, 0.29) is 11.8 Å². The lowest BCUT2D eigenvalue weighted by Gasteiger charge is -2.35. The molecule has 3 rings (SSSR count). The van der Waals surface area contributed by atoms with Gasteiger partial charge in [0.05, 0.1) is 6.54 Å². The number of amides is 2. The molecule has 0 unspecified atom stereocenters. The second-order valence-electron chi connectivity index (χ2n) is 7.20. The summed E-state index contributed by atoms with van der Waals surface area (Å²) in [7, 11) is 0.